The maximum Gasteiger partial charge on any atom is 0.367 e. The average Bonchev–Trinajstić information content (AvgIpc) is 2.83. The van der Waals surface area contributed by atoms with E-state index in [2.05, 4.69) is 23.7 Å². The highest BCUT2D eigenvalue weighted by Gasteiger charge is 2.15. The van der Waals surface area contributed by atoms with Crippen LogP contribution in [0.1, 0.15) is 42.7 Å². The van der Waals surface area contributed by atoms with Gasteiger partial charge in [0, 0.05) is 31.1 Å². The summed E-state index contributed by atoms with van der Waals surface area (Å²) >= 11 is 1.31. The number of ether oxygens (including phenoxy) is 1. The zero-order valence-corrected chi connectivity index (χ0v) is 12.6. The lowest BCUT2D eigenvalue weighted by atomic mass is 10.2. The molecule has 1 N–H and O–H groups in total. The van der Waals surface area contributed by atoms with Gasteiger partial charge in [-0.1, -0.05) is 0 Å². The Kier molecular flexibility index (Phi) is 6.97. The first-order valence-electron chi connectivity index (χ1n) is 6.54. The molecular formula is C13H22N2O3S. The quantitative estimate of drug-likeness (QED) is 0.740. The SMILES string of the molecule is CCOC(=O)c1nc(CN(CCCO)C(C)C)cs1. The summed E-state index contributed by atoms with van der Waals surface area (Å²) in [6, 6.07) is 0.374. The fourth-order valence-electron chi connectivity index (χ4n) is 1.67. The van der Waals surface area contributed by atoms with E-state index in [1.54, 1.807) is 6.92 Å². The number of aromatic nitrogens is 1. The van der Waals surface area contributed by atoms with E-state index in [9.17, 15) is 4.79 Å². The predicted octanol–water partition coefficient (Wildman–Crippen LogP) is 1.91. The predicted molar refractivity (Wildman–Crippen MR) is 75.3 cm³/mol. The number of carbonyl (C=O) groups excluding carboxylic acids is 1. The zero-order chi connectivity index (χ0) is 14.3. The van der Waals surface area contributed by atoms with Gasteiger partial charge >= 0.3 is 5.97 Å². The highest BCUT2D eigenvalue weighted by molar-refractivity contribution is 7.11. The molecule has 0 atom stereocenters. The Morgan fingerprint density at radius 3 is 2.89 bits per heavy atom. The van der Waals surface area contributed by atoms with Crippen molar-refractivity contribution in [2.75, 3.05) is 19.8 Å². The highest BCUT2D eigenvalue weighted by Crippen LogP contribution is 2.14. The van der Waals surface area contributed by atoms with Crippen LogP contribution < -0.4 is 0 Å². The molecular weight excluding hydrogens is 264 g/mol. The smallest absolute Gasteiger partial charge is 0.367 e. The van der Waals surface area contributed by atoms with E-state index in [4.69, 9.17) is 9.84 Å². The first-order valence-corrected chi connectivity index (χ1v) is 7.42. The molecule has 0 aromatic carbocycles. The van der Waals surface area contributed by atoms with Gasteiger partial charge in [-0.3, -0.25) is 4.90 Å². The summed E-state index contributed by atoms with van der Waals surface area (Å²) in [5.41, 5.74) is 0.875. The Balaban J connectivity index is 2.62. The Labute approximate surface area is 118 Å². The van der Waals surface area contributed by atoms with Crippen LogP contribution in [-0.2, 0) is 11.3 Å². The molecule has 0 radical (unpaired) electrons. The normalized spacial score (nSPS) is 11.3. The van der Waals surface area contributed by atoms with E-state index in [-0.39, 0.29) is 12.6 Å². The highest BCUT2D eigenvalue weighted by atomic mass is 32.1. The third-order valence-corrected chi connectivity index (χ3v) is 3.57. The van der Waals surface area contributed by atoms with Crippen LogP contribution in [0.4, 0.5) is 0 Å². The van der Waals surface area contributed by atoms with Crippen molar-refractivity contribution in [3.05, 3.63) is 16.1 Å². The molecule has 0 fully saturated rings. The van der Waals surface area contributed by atoms with Crippen molar-refractivity contribution >= 4 is 17.3 Å². The number of rotatable bonds is 8. The molecule has 6 heteroatoms. The second kappa shape index (κ2) is 8.24. The van der Waals surface area contributed by atoms with E-state index in [0.29, 0.717) is 24.2 Å². The molecule has 19 heavy (non-hydrogen) atoms. The summed E-state index contributed by atoms with van der Waals surface area (Å²) in [7, 11) is 0. The van der Waals surface area contributed by atoms with Crippen molar-refractivity contribution in [1.82, 2.24) is 9.88 Å². The minimum absolute atomic E-state index is 0.189. The van der Waals surface area contributed by atoms with Crippen molar-refractivity contribution in [2.24, 2.45) is 0 Å². The van der Waals surface area contributed by atoms with E-state index < -0.39 is 0 Å². The molecule has 5 nitrogen and oxygen atoms in total. The summed E-state index contributed by atoms with van der Waals surface area (Å²) in [5, 5.41) is 11.2. The van der Waals surface area contributed by atoms with Gasteiger partial charge in [0.1, 0.15) is 0 Å². The second-order valence-corrected chi connectivity index (χ2v) is 5.36. The van der Waals surface area contributed by atoms with Crippen molar-refractivity contribution in [3.8, 4) is 0 Å². The number of carbonyl (C=O) groups is 1. The summed E-state index contributed by atoms with van der Waals surface area (Å²) in [6.07, 6.45) is 0.743. The monoisotopic (exact) mass is 286 g/mol. The molecule has 0 aliphatic carbocycles. The van der Waals surface area contributed by atoms with Crippen molar-refractivity contribution in [3.63, 3.8) is 0 Å². The van der Waals surface area contributed by atoms with E-state index in [1.165, 1.54) is 11.3 Å². The van der Waals surface area contributed by atoms with Gasteiger partial charge in [0.15, 0.2) is 0 Å². The fourth-order valence-corrected chi connectivity index (χ4v) is 2.37. The average molecular weight is 286 g/mol. The number of esters is 1. The summed E-state index contributed by atoms with van der Waals surface area (Å²) < 4.78 is 4.92. The first kappa shape index (κ1) is 16.1. The molecule has 1 rings (SSSR count). The lowest BCUT2D eigenvalue weighted by Crippen LogP contribution is -2.31. The molecule has 0 saturated carbocycles. The van der Waals surface area contributed by atoms with Gasteiger partial charge in [-0.15, -0.1) is 11.3 Å². The van der Waals surface area contributed by atoms with Crippen LogP contribution in [-0.4, -0.2) is 46.8 Å². The number of aliphatic hydroxyl groups is 1. The Morgan fingerprint density at radius 2 is 2.32 bits per heavy atom. The third kappa shape index (κ3) is 5.26. The molecule has 0 amide bonds. The van der Waals surface area contributed by atoms with Gasteiger partial charge in [-0.2, -0.15) is 0 Å². The molecule has 0 saturated heterocycles. The van der Waals surface area contributed by atoms with Gasteiger partial charge in [-0.25, -0.2) is 9.78 Å². The molecule has 0 bridgehead atoms. The van der Waals surface area contributed by atoms with Crippen molar-refractivity contribution in [1.29, 1.82) is 0 Å². The molecule has 0 unspecified atom stereocenters. The zero-order valence-electron chi connectivity index (χ0n) is 11.8. The van der Waals surface area contributed by atoms with Crippen LogP contribution in [0.5, 0.6) is 0 Å². The molecule has 108 valence electrons. The largest absolute Gasteiger partial charge is 0.461 e. The summed E-state index contributed by atoms with van der Waals surface area (Å²) in [4.78, 5) is 18.1. The van der Waals surface area contributed by atoms with Gasteiger partial charge in [0.25, 0.3) is 0 Å². The molecule has 1 aromatic heterocycles. The van der Waals surface area contributed by atoms with Gasteiger partial charge in [0.05, 0.1) is 12.3 Å². The van der Waals surface area contributed by atoms with Crippen LogP contribution in [0, 0.1) is 0 Å². The fraction of sp³-hybridized carbons (Fsp3) is 0.692. The maximum atomic E-state index is 11.5. The Hall–Kier alpha value is -0.980. The van der Waals surface area contributed by atoms with Gasteiger partial charge in [-0.05, 0) is 27.2 Å². The standard InChI is InChI=1S/C13H22N2O3S/c1-4-18-13(17)12-14-11(9-19-12)8-15(10(2)3)6-5-7-16/h9-10,16H,4-8H2,1-3H3. The Bertz CT molecular complexity index is 393. The lowest BCUT2D eigenvalue weighted by molar-refractivity contribution is 0.0525. The van der Waals surface area contributed by atoms with Crippen LogP contribution >= 0.6 is 11.3 Å². The summed E-state index contributed by atoms with van der Waals surface area (Å²) in [6.45, 7) is 8.05. The topological polar surface area (TPSA) is 62.7 Å². The number of nitrogens with zero attached hydrogens (tertiary/aromatic N) is 2. The van der Waals surface area contributed by atoms with Crippen LogP contribution in [0.15, 0.2) is 5.38 Å². The second-order valence-electron chi connectivity index (χ2n) is 4.51. The lowest BCUT2D eigenvalue weighted by Gasteiger charge is -2.25. The Morgan fingerprint density at radius 1 is 1.58 bits per heavy atom. The van der Waals surface area contributed by atoms with Crippen LogP contribution in [0.25, 0.3) is 0 Å². The molecule has 0 aliphatic heterocycles. The minimum atomic E-state index is -0.356. The van der Waals surface area contributed by atoms with E-state index in [0.717, 1.165) is 18.7 Å². The summed E-state index contributed by atoms with van der Waals surface area (Å²) in [5.74, 6) is -0.356. The van der Waals surface area contributed by atoms with Crippen LogP contribution in [0.2, 0.25) is 0 Å². The number of hydrogen-bond donors (Lipinski definition) is 1. The first-order chi connectivity index (χ1) is 9.08. The molecule has 1 aromatic rings. The van der Waals surface area contributed by atoms with Gasteiger partial charge in [0.2, 0.25) is 5.01 Å². The van der Waals surface area contributed by atoms with Gasteiger partial charge < -0.3 is 9.84 Å². The maximum absolute atomic E-state index is 11.5. The van der Waals surface area contributed by atoms with E-state index in [1.807, 2.05) is 5.38 Å². The van der Waals surface area contributed by atoms with Crippen molar-refractivity contribution in [2.45, 2.75) is 39.8 Å². The number of hydrogen-bond acceptors (Lipinski definition) is 6. The minimum Gasteiger partial charge on any atom is -0.461 e. The molecule has 0 spiro atoms. The third-order valence-electron chi connectivity index (χ3n) is 2.70. The van der Waals surface area contributed by atoms with Crippen LogP contribution in [0.3, 0.4) is 0 Å². The number of aliphatic hydroxyl groups excluding tert-OH is 1. The molecule has 1 heterocycles. The molecule has 0 aliphatic rings. The van der Waals surface area contributed by atoms with Crippen molar-refractivity contribution < 1.29 is 14.6 Å². The van der Waals surface area contributed by atoms with E-state index >= 15 is 0 Å². The number of thiazole rings is 1.